The van der Waals surface area contributed by atoms with Crippen LogP contribution in [0.4, 0.5) is 10.1 Å². The summed E-state index contributed by atoms with van der Waals surface area (Å²) in [4.78, 5) is 16.5. The Labute approximate surface area is 128 Å². The molecule has 0 radical (unpaired) electrons. The quantitative estimate of drug-likeness (QED) is 0.907. The van der Waals surface area contributed by atoms with E-state index in [1.807, 2.05) is 6.07 Å². The van der Waals surface area contributed by atoms with Crippen LogP contribution in [0.25, 0.3) is 11.3 Å². The highest BCUT2D eigenvalue weighted by Gasteiger charge is 2.26. The molecule has 5 heteroatoms. The minimum absolute atomic E-state index is 0.0710. The number of aromatic nitrogens is 1. The summed E-state index contributed by atoms with van der Waals surface area (Å²) in [5.41, 5.74) is 10.3. The Morgan fingerprint density at radius 3 is 2.71 bits per heavy atom. The molecule has 1 heterocycles. The third-order valence-corrected chi connectivity index (χ3v) is 4.94. The van der Waals surface area contributed by atoms with Gasteiger partial charge < -0.3 is 11.1 Å². The topological polar surface area (TPSA) is 68.0 Å². The number of carbonyl (C=O) groups excluding carboxylic acids is 1. The van der Waals surface area contributed by atoms with Gasteiger partial charge in [-0.05, 0) is 43.9 Å². The second kappa shape index (κ2) is 5.48. The summed E-state index contributed by atoms with van der Waals surface area (Å²) in [6.07, 6.45) is 3.11. The van der Waals surface area contributed by atoms with Crippen molar-refractivity contribution in [3.8, 4) is 11.3 Å². The fourth-order valence-electron chi connectivity index (χ4n) is 2.36. The van der Waals surface area contributed by atoms with Crippen LogP contribution in [-0.4, -0.2) is 10.9 Å². The van der Waals surface area contributed by atoms with Crippen molar-refractivity contribution < 1.29 is 4.79 Å². The van der Waals surface area contributed by atoms with Gasteiger partial charge in [-0.1, -0.05) is 29.9 Å². The minimum Gasteiger partial charge on any atom is -0.389 e. The smallest absolute Gasteiger partial charge is 0.229 e. The van der Waals surface area contributed by atoms with Gasteiger partial charge in [-0.3, -0.25) is 4.79 Å². The maximum absolute atomic E-state index is 12.0. The molecule has 3 rings (SSSR count). The molecule has 1 aromatic heterocycles. The lowest BCUT2D eigenvalue weighted by atomic mass is 9.85. The fraction of sp³-hybridized carbons (Fsp3) is 0.375. The number of nitrogens with two attached hydrogens (primary N) is 1. The fourth-order valence-corrected chi connectivity index (χ4v) is 3.12. The van der Waals surface area contributed by atoms with E-state index in [2.05, 4.69) is 36.3 Å². The average molecular weight is 301 g/mol. The van der Waals surface area contributed by atoms with Gasteiger partial charge in [0.1, 0.15) is 10.7 Å². The number of nitrogens with one attached hydrogen (secondary N) is 1. The van der Waals surface area contributed by atoms with E-state index in [0.717, 1.165) is 30.5 Å². The molecule has 110 valence electrons. The third kappa shape index (κ3) is 2.78. The Morgan fingerprint density at radius 1 is 1.33 bits per heavy atom. The summed E-state index contributed by atoms with van der Waals surface area (Å²) >= 11 is 1.33. The number of hydrogen-bond acceptors (Lipinski definition) is 4. The molecular formula is C16H19N3OS. The molecular weight excluding hydrogens is 282 g/mol. The largest absolute Gasteiger partial charge is 0.389 e. The average Bonchev–Trinajstić information content (AvgIpc) is 2.71. The van der Waals surface area contributed by atoms with Crippen LogP contribution in [0.3, 0.4) is 0 Å². The molecule has 4 nitrogen and oxygen atoms in total. The van der Waals surface area contributed by atoms with Crippen LogP contribution in [0.2, 0.25) is 0 Å². The zero-order chi connectivity index (χ0) is 15.0. The molecule has 1 fully saturated rings. The number of hydrogen-bond donors (Lipinski definition) is 2. The van der Waals surface area contributed by atoms with Crippen molar-refractivity contribution in [1.82, 2.24) is 4.98 Å². The van der Waals surface area contributed by atoms with Crippen molar-refractivity contribution in [1.29, 1.82) is 0 Å². The predicted octanol–water partition coefficient (Wildman–Crippen LogP) is 3.75. The van der Waals surface area contributed by atoms with Crippen LogP contribution < -0.4 is 11.1 Å². The molecule has 1 aromatic carbocycles. The Kier molecular flexibility index (Phi) is 3.68. The summed E-state index contributed by atoms with van der Waals surface area (Å²) in [6.45, 7) is 4.15. The number of aryl methyl sites for hydroxylation is 2. The number of nitrogen functional groups attached to an aromatic ring is 1. The zero-order valence-corrected chi connectivity index (χ0v) is 13.1. The summed E-state index contributed by atoms with van der Waals surface area (Å²) in [5, 5.41) is 4.13. The van der Waals surface area contributed by atoms with Gasteiger partial charge >= 0.3 is 0 Å². The first-order valence-electron chi connectivity index (χ1n) is 7.19. The molecule has 1 aliphatic rings. The van der Waals surface area contributed by atoms with E-state index < -0.39 is 0 Å². The molecule has 2 aromatic rings. The molecule has 0 aliphatic heterocycles. The molecule has 1 amide bonds. The first-order valence-corrected chi connectivity index (χ1v) is 8.01. The van der Waals surface area contributed by atoms with E-state index in [9.17, 15) is 4.79 Å². The lowest BCUT2D eigenvalue weighted by Crippen LogP contribution is -2.27. The highest BCUT2D eigenvalue weighted by molar-refractivity contribution is 7.20. The first-order chi connectivity index (χ1) is 10.0. The molecule has 0 unspecified atom stereocenters. The van der Waals surface area contributed by atoms with Crippen molar-refractivity contribution in [3.05, 3.63) is 29.3 Å². The SMILES string of the molecule is Cc1ccc(-c2nc(NC(=O)C3CCC3)sc2N)cc1C. The molecule has 0 saturated heterocycles. The molecule has 0 atom stereocenters. The Bertz CT molecular complexity index is 689. The summed E-state index contributed by atoms with van der Waals surface area (Å²) in [5.74, 6) is 0.224. The first kappa shape index (κ1) is 14.1. The number of anilines is 2. The lowest BCUT2D eigenvalue weighted by Gasteiger charge is -2.23. The van der Waals surface area contributed by atoms with Gasteiger partial charge in [-0.15, -0.1) is 0 Å². The Morgan fingerprint density at radius 2 is 2.10 bits per heavy atom. The van der Waals surface area contributed by atoms with E-state index in [1.165, 1.54) is 22.5 Å². The number of carbonyl (C=O) groups is 1. The van der Waals surface area contributed by atoms with E-state index in [-0.39, 0.29) is 11.8 Å². The summed E-state index contributed by atoms with van der Waals surface area (Å²) in [6, 6.07) is 6.17. The minimum atomic E-state index is 0.0710. The summed E-state index contributed by atoms with van der Waals surface area (Å²) in [7, 11) is 0. The van der Waals surface area contributed by atoms with E-state index in [1.54, 1.807) is 0 Å². The third-order valence-electron chi connectivity index (χ3n) is 4.14. The molecule has 1 aliphatic carbocycles. The molecule has 1 saturated carbocycles. The standard InChI is InChI=1S/C16H19N3OS/c1-9-6-7-12(8-10(9)2)13-14(17)21-16(18-13)19-15(20)11-4-3-5-11/h6-8,11H,3-5,17H2,1-2H3,(H,18,19,20). The van der Waals surface area contributed by atoms with Gasteiger partial charge in [-0.25, -0.2) is 4.98 Å². The van der Waals surface area contributed by atoms with Crippen molar-refractivity contribution in [3.63, 3.8) is 0 Å². The molecule has 0 spiro atoms. The number of nitrogens with zero attached hydrogens (tertiary/aromatic N) is 1. The number of amides is 1. The van der Waals surface area contributed by atoms with Crippen LogP contribution in [0, 0.1) is 19.8 Å². The van der Waals surface area contributed by atoms with Crippen LogP contribution in [0.15, 0.2) is 18.2 Å². The van der Waals surface area contributed by atoms with Gasteiger partial charge in [0.05, 0.1) is 0 Å². The van der Waals surface area contributed by atoms with E-state index in [0.29, 0.717) is 10.1 Å². The molecule has 0 bridgehead atoms. The lowest BCUT2D eigenvalue weighted by molar-refractivity contribution is -0.122. The van der Waals surface area contributed by atoms with Gasteiger partial charge in [0.25, 0.3) is 0 Å². The predicted molar refractivity (Wildman–Crippen MR) is 87.4 cm³/mol. The normalized spacial score (nSPS) is 14.8. The number of thiazole rings is 1. The van der Waals surface area contributed by atoms with Crippen LogP contribution in [-0.2, 0) is 4.79 Å². The van der Waals surface area contributed by atoms with Crippen molar-refractivity contribution >= 4 is 27.4 Å². The molecule has 3 N–H and O–H groups in total. The van der Waals surface area contributed by atoms with Crippen molar-refractivity contribution in [2.45, 2.75) is 33.1 Å². The van der Waals surface area contributed by atoms with Crippen molar-refractivity contribution in [2.24, 2.45) is 5.92 Å². The van der Waals surface area contributed by atoms with Gasteiger partial charge in [0, 0.05) is 11.5 Å². The molecule has 21 heavy (non-hydrogen) atoms. The van der Waals surface area contributed by atoms with Gasteiger partial charge in [0.15, 0.2) is 5.13 Å². The van der Waals surface area contributed by atoms with Gasteiger partial charge in [-0.2, -0.15) is 0 Å². The van der Waals surface area contributed by atoms with Crippen LogP contribution >= 0.6 is 11.3 Å². The second-order valence-electron chi connectivity index (χ2n) is 5.65. The van der Waals surface area contributed by atoms with E-state index >= 15 is 0 Å². The second-order valence-corrected chi connectivity index (χ2v) is 6.68. The van der Waals surface area contributed by atoms with Gasteiger partial charge in [0.2, 0.25) is 5.91 Å². The number of rotatable bonds is 3. The van der Waals surface area contributed by atoms with Crippen molar-refractivity contribution in [2.75, 3.05) is 11.1 Å². The van der Waals surface area contributed by atoms with E-state index in [4.69, 9.17) is 5.73 Å². The highest BCUT2D eigenvalue weighted by Crippen LogP contribution is 2.35. The Balaban J connectivity index is 1.83. The maximum atomic E-state index is 12.0. The summed E-state index contributed by atoms with van der Waals surface area (Å²) < 4.78 is 0. The zero-order valence-electron chi connectivity index (χ0n) is 12.3. The number of benzene rings is 1. The monoisotopic (exact) mass is 301 g/mol. The van der Waals surface area contributed by atoms with Crippen LogP contribution in [0.1, 0.15) is 30.4 Å². The maximum Gasteiger partial charge on any atom is 0.229 e. The van der Waals surface area contributed by atoms with Crippen LogP contribution in [0.5, 0.6) is 0 Å². The Hall–Kier alpha value is -1.88. The highest BCUT2D eigenvalue weighted by atomic mass is 32.1.